The number of hydrogen-bond donors (Lipinski definition) is 1. The number of carboxylic acids is 1. The van der Waals surface area contributed by atoms with Gasteiger partial charge in [-0.2, -0.15) is 0 Å². The summed E-state index contributed by atoms with van der Waals surface area (Å²) in [7, 11) is 0. The number of carboxylic acid groups (broad SMARTS) is 1. The fraction of sp³-hybridized carbons (Fsp3) is 0.0667. The first-order valence-electron chi connectivity index (χ1n) is 5.57. The topological polar surface area (TPSA) is 54.4 Å². The van der Waals surface area contributed by atoms with E-state index in [1.54, 1.807) is 12.1 Å². The van der Waals surface area contributed by atoms with Crippen LogP contribution >= 0.6 is 0 Å². The van der Waals surface area contributed by atoms with E-state index >= 15 is 0 Å². The number of carbonyl (C=O) groups excluding carboxylic acids is 1. The van der Waals surface area contributed by atoms with Crippen LogP contribution in [-0.2, 0) is 4.79 Å². The maximum Gasteiger partial charge on any atom is 0.311 e. The van der Waals surface area contributed by atoms with Crippen molar-refractivity contribution in [3.63, 3.8) is 0 Å². The van der Waals surface area contributed by atoms with Gasteiger partial charge in [0.1, 0.15) is 6.42 Å². The maximum atomic E-state index is 11.5. The second kappa shape index (κ2) is 5.27. The number of benzene rings is 2. The molecule has 3 nitrogen and oxygen atoms in total. The summed E-state index contributed by atoms with van der Waals surface area (Å²) in [5.41, 5.74) is 2.49. The summed E-state index contributed by atoms with van der Waals surface area (Å²) in [4.78, 5) is 22.0. The van der Waals surface area contributed by atoms with Crippen LogP contribution in [0.3, 0.4) is 0 Å². The second-order valence-corrected chi connectivity index (χ2v) is 3.94. The summed E-state index contributed by atoms with van der Waals surface area (Å²) >= 11 is 0. The first-order chi connectivity index (χ1) is 8.66. The highest BCUT2D eigenvalue weighted by Gasteiger charge is 2.10. The third-order valence-corrected chi connectivity index (χ3v) is 2.63. The van der Waals surface area contributed by atoms with Crippen LogP contribution in [0, 0.1) is 0 Å². The van der Waals surface area contributed by atoms with Crippen molar-refractivity contribution >= 4 is 11.8 Å². The van der Waals surface area contributed by atoms with Crippen LogP contribution < -0.4 is 0 Å². The van der Waals surface area contributed by atoms with Crippen molar-refractivity contribution in [3.05, 3.63) is 60.2 Å². The standard InChI is InChI=1S/C15H12O3/c16-14(10-15(17)18)13-8-6-12(7-9-13)11-4-2-1-3-5-11/h1-9H,10H2,(H,17,18). The number of rotatable bonds is 4. The van der Waals surface area contributed by atoms with E-state index in [-0.39, 0.29) is 5.78 Å². The largest absolute Gasteiger partial charge is 0.481 e. The summed E-state index contributed by atoms with van der Waals surface area (Å²) in [6.07, 6.45) is -0.468. The molecule has 0 amide bonds. The molecule has 0 radical (unpaired) electrons. The Kier molecular flexibility index (Phi) is 3.53. The Labute approximate surface area is 105 Å². The first-order valence-corrected chi connectivity index (χ1v) is 5.57. The lowest BCUT2D eigenvalue weighted by Crippen LogP contribution is -2.06. The van der Waals surface area contributed by atoms with Crippen LogP contribution in [0.4, 0.5) is 0 Å². The number of carbonyl (C=O) groups is 2. The van der Waals surface area contributed by atoms with Gasteiger partial charge in [-0.1, -0.05) is 54.6 Å². The van der Waals surface area contributed by atoms with Crippen LogP contribution in [0.1, 0.15) is 16.8 Å². The zero-order valence-electron chi connectivity index (χ0n) is 9.67. The fourth-order valence-electron chi connectivity index (χ4n) is 1.72. The lowest BCUT2D eigenvalue weighted by Gasteiger charge is -2.03. The molecule has 0 aliphatic carbocycles. The summed E-state index contributed by atoms with van der Waals surface area (Å²) in [5.74, 6) is -1.48. The number of ketones is 1. The van der Waals surface area contributed by atoms with E-state index in [1.807, 2.05) is 42.5 Å². The number of hydrogen-bond acceptors (Lipinski definition) is 2. The molecule has 3 heteroatoms. The summed E-state index contributed by atoms with van der Waals surface area (Å²) in [6.45, 7) is 0. The summed E-state index contributed by atoms with van der Waals surface area (Å²) in [6, 6.07) is 16.8. The van der Waals surface area contributed by atoms with Crippen molar-refractivity contribution < 1.29 is 14.7 Å². The molecule has 18 heavy (non-hydrogen) atoms. The van der Waals surface area contributed by atoms with Gasteiger partial charge in [0.2, 0.25) is 0 Å². The Morgan fingerprint density at radius 1 is 0.833 bits per heavy atom. The number of Topliss-reactive ketones (excluding diaryl/α,β-unsaturated/α-hetero) is 1. The lowest BCUT2D eigenvalue weighted by atomic mass is 10.0. The van der Waals surface area contributed by atoms with Crippen LogP contribution in [0.25, 0.3) is 11.1 Å². The number of aliphatic carboxylic acids is 1. The van der Waals surface area contributed by atoms with Gasteiger partial charge in [-0.15, -0.1) is 0 Å². The molecule has 0 atom stereocenters. The van der Waals surface area contributed by atoms with Gasteiger partial charge in [0.05, 0.1) is 0 Å². The fourth-order valence-corrected chi connectivity index (χ4v) is 1.72. The molecule has 0 aromatic heterocycles. The first kappa shape index (κ1) is 12.0. The molecule has 0 heterocycles. The molecular formula is C15H12O3. The molecule has 1 N–H and O–H groups in total. The van der Waals surface area contributed by atoms with Crippen molar-refractivity contribution in [1.82, 2.24) is 0 Å². The minimum Gasteiger partial charge on any atom is -0.481 e. The third kappa shape index (κ3) is 2.83. The van der Waals surface area contributed by atoms with Crippen molar-refractivity contribution in [1.29, 1.82) is 0 Å². The molecule has 0 saturated carbocycles. The Hall–Kier alpha value is -2.42. The molecule has 0 unspecified atom stereocenters. The zero-order chi connectivity index (χ0) is 13.0. The van der Waals surface area contributed by atoms with Crippen LogP contribution in [-0.4, -0.2) is 16.9 Å². The average molecular weight is 240 g/mol. The zero-order valence-corrected chi connectivity index (χ0v) is 9.67. The van der Waals surface area contributed by atoms with Crippen molar-refractivity contribution in [2.24, 2.45) is 0 Å². The molecule has 0 spiro atoms. The molecule has 0 saturated heterocycles. The van der Waals surface area contributed by atoms with E-state index in [2.05, 4.69) is 0 Å². The Balaban J connectivity index is 2.20. The molecule has 2 rings (SSSR count). The van der Waals surface area contributed by atoms with E-state index in [0.29, 0.717) is 5.56 Å². The van der Waals surface area contributed by atoms with Gasteiger partial charge in [0.25, 0.3) is 0 Å². The Bertz CT molecular complexity index is 556. The highest BCUT2D eigenvalue weighted by molar-refractivity contribution is 6.05. The van der Waals surface area contributed by atoms with Gasteiger partial charge in [0, 0.05) is 5.56 Å². The average Bonchev–Trinajstić information content (AvgIpc) is 2.39. The Morgan fingerprint density at radius 2 is 1.39 bits per heavy atom. The van der Waals surface area contributed by atoms with Crippen LogP contribution in [0.15, 0.2) is 54.6 Å². The minimum atomic E-state index is -1.10. The Morgan fingerprint density at radius 3 is 1.94 bits per heavy atom. The molecule has 2 aromatic carbocycles. The smallest absolute Gasteiger partial charge is 0.311 e. The van der Waals surface area contributed by atoms with Gasteiger partial charge in [-0.25, -0.2) is 0 Å². The van der Waals surface area contributed by atoms with E-state index in [1.165, 1.54) is 0 Å². The SMILES string of the molecule is O=C(O)CC(=O)c1ccc(-c2ccccc2)cc1. The van der Waals surface area contributed by atoms with E-state index in [9.17, 15) is 9.59 Å². The van der Waals surface area contributed by atoms with E-state index in [0.717, 1.165) is 11.1 Å². The van der Waals surface area contributed by atoms with Gasteiger partial charge in [0.15, 0.2) is 5.78 Å². The lowest BCUT2D eigenvalue weighted by molar-refractivity contribution is -0.135. The van der Waals surface area contributed by atoms with Gasteiger partial charge in [-0.05, 0) is 11.1 Å². The van der Waals surface area contributed by atoms with Crippen LogP contribution in [0.2, 0.25) is 0 Å². The second-order valence-electron chi connectivity index (χ2n) is 3.94. The van der Waals surface area contributed by atoms with E-state index in [4.69, 9.17) is 5.11 Å². The highest BCUT2D eigenvalue weighted by atomic mass is 16.4. The molecule has 2 aromatic rings. The monoisotopic (exact) mass is 240 g/mol. The molecule has 0 aliphatic heterocycles. The van der Waals surface area contributed by atoms with Crippen LogP contribution in [0.5, 0.6) is 0 Å². The van der Waals surface area contributed by atoms with E-state index < -0.39 is 12.4 Å². The van der Waals surface area contributed by atoms with Gasteiger partial charge in [-0.3, -0.25) is 9.59 Å². The summed E-state index contributed by atoms with van der Waals surface area (Å²) < 4.78 is 0. The normalized spacial score (nSPS) is 10.0. The summed E-state index contributed by atoms with van der Waals surface area (Å²) in [5, 5.41) is 8.56. The third-order valence-electron chi connectivity index (χ3n) is 2.63. The molecule has 0 aliphatic rings. The van der Waals surface area contributed by atoms with Gasteiger partial charge < -0.3 is 5.11 Å². The predicted octanol–water partition coefficient (Wildman–Crippen LogP) is 3.01. The van der Waals surface area contributed by atoms with Crippen molar-refractivity contribution in [3.8, 4) is 11.1 Å². The quantitative estimate of drug-likeness (QED) is 0.660. The molecule has 0 fully saturated rings. The minimum absolute atomic E-state index is 0.373. The molecule has 0 bridgehead atoms. The maximum absolute atomic E-state index is 11.5. The van der Waals surface area contributed by atoms with Crippen molar-refractivity contribution in [2.45, 2.75) is 6.42 Å². The highest BCUT2D eigenvalue weighted by Crippen LogP contribution is 2.19. The predicted molar refractivity (Wildman–Crippen MR) is 68.5 cm³/mol. The molecular weight excluding hydrogens is 228 g/mol. The van der Waals surface area contributed by atoms with Gasteiger partial charge >= 0.3 is 5.97 Å². The van der Waals surface area contributed by atoms with Crippen molar-refractivity contribution in [2.75, 3.05) is 0 Å². The molecule has 90 valence electrons.